The summed E-state index contributed by atoms with van der Waals surface area (Å²) in [6.07, 6.45) is 0.905. The molecular weight excluding hydrogens is 289 g/mol. The lowest BCUT2D eigenvalue weighted by Gasteiger charge is -2.30. The molecule has 1 unspecified atom stereocenters. The second kappa shape index (κ2) is 5.62. The topological polar surface area (TPSA) is 75.5 Å². The van der Waals surface area contributed by atoms with E-state index in [2.05, 4.69) is 5.32 Å². The summed E-state index contributed by atoms with van der Waals surface area (Å²) >= 11 is 5.55. The standard InChI is InChI=1S/C12H13ClFN3O3/c1-16-6-7(2-3-12(16)18)15-10-5-9(14)8(13)4-11(10)17(19)20/h4-5,7,15H,2-3,6H2,1H3. The fraction of sp³-hybridized carbons (Fsp3) is 0.417. The molecule has 2 rings (SSSR count). The summed E-state index contributed by atoms with van der Waals surface area (Å²) < 4.78 is 13.5. The number of likely N-dealkylation sites (tertiary alicyclic amines) is 1. The van der Waals surface area contributed by atoms with E-state index in [-0.39, 0.29) is 28.3 Å². The second-order valence-corrected chi connectivity index (χ2v) is 5.10. The van der Waals surface area contributed by atoms with Crippen LogP contribution in [0.3, 0.4) is 0 Å². The first-order valence-electron chi connectivity index (χ1n) is 6.02. The third-order valence-corrected chi connectivity index (χ3v) is 3.51. The summed E-state index contributed by atoms with van der Waals surface area (Å²) in [5, 5.41) is 13.6. The molecule has 20 heavy (non-hydrogen) atoms. The van der Waals surface area contributed by atoms with E-state index in [1.807, 2.05) is 0 Å². The van der Waals surface area contributed by atoms with Crippen molar-refractivity contribution in [1.82, 2.24) is 4.90 Å². The van der Waals surface area contributed by atoms with Crippen molar-refractivity contribution in [3.05, 3.63) is 33.1 Å². The lowest BCUT2D eigenvalue weighted by atomic mass is 10.1. The van der Waals surface area contributed by atoms with E-state index < -0.39 is 10.7 Å². The van der Waals surface area contributed by atoms with Gasteiger partial charge in [-0.1, -0.05) is 11.6 Å². The Hall–Kier alpha value is -1.89. The Balaban J connectivity index is 2.22. The van der Waals surface area contributed by atoms with Crippen LogP contribution in [0.1, 0.15) is 12.8 Å². The van der Waals surface area contributed by atoms with Crippen LogP contribution >= 0.6 is 11.6 Å². The largest absolute Gasteiger partial charge is 0.375 e. The normalized spacial score (nSPS) is 19.1. The lowest BCUT2D eigenvalue weighted by molar-refractivity contribution is -0.384. The number of hydrogen-bond donors (Lipinski definition) is 1. The molecule has 1 aromatic rings. The Labute approximate surface area is 119 Å². The van der Waals surface area contributed by atoms with E-state index in [4.69, 9.17) is 11.6 Å². The van der Waals surface area contributed by atoms with Crippen LogP contribution in [0.5, 0.6) is 0 Å². The zero-order chi connectivity index (χ0) is 14.9. The number of anilines is 1. The summed E-state index contributed by atoms with van der Waals surface area (Å²) in [4.78, 5) is 23.3. The molecule has 1 aliphatic heterocycles. The number of halogens is 2. The summed E-state index contributed by atoms with van der Waals surface area (Å²) in [5.74, 6) is -0.695. The van der Waals surface area contributed by atoms with Gasteiger partial charge in [0.05, 0.1) is 9.95 Å². The van der Waals surface area contributed by atoms with Gasteiger partial charge in [0, 0.05) is 38.2 Å². The number of carbonyl (C=O) groups excluding carboxylic acids is 1. The van der Waals surface area contributed by atoms with Crippen molar-refractivity contribution in [3.8, 4) is 0 Å². The van der Waals surface area contributed by atoms with E-state index in [9.17, 15) is 19.3 Å². The van der Waals surface area contributed by atoms with E-state index in [1.165, 1.54) is 0 Å². The van der Waals surface area contributed by atoms with Gasteiger partial charge >= 0.3 is 0 Å². The average Bonchev–Trinajstić information content (AvgIpc) is 2.37. The van der Waals surface area contributed by atoms with Crippen LogP contribution in [0.15, 0.2) is 12.1 Å². The van der Waals surface area contributed by atoms with Gasteiger partial charge in [-0.05, 0) is 6.42 Å². The Kier molecular flexibility index (Phi) is 4.08. The van der Waals surface area contributed by atoms with Crippen molar-refractivity contribution in [2.24, 2.45) is 0 Å². The number of nitro groups is 1. The summed E-state index contributed by atoms with van der Waals surface area (Å²) in [6, 6.07) is 1.84. The molecule has 0 spiro atoms. The van der Waals surface area contributed by atoms with Gasteiger partial charge in [-0.3, -0.25) is 14.9 Å². The fourth-order valence-corrected chi connectivity index (χ4v) is 2.31. The highest BCUT2D eigenvalue weighted by Crippen LogP contribution is 2.31. The molecule has 0 radical (unpaired) electrons. The van der Waals surface area contributed by atoms with Gasteiger partial charge in [0.25, 0.3) is 5.69 Å². The van der Waals surface area contributed by atoms with Crippen molar-refractivity contribution in [2.45, 2.75) is 18.9 Å². The maximum Gasteiger partial charge on any atom is 0.294 e. The molecule has 6 nitrogen and oxygen atoms in total. The number of hydrogen-bond acceptors (Lipinski definition) is 4. The van der Waals surface area contributed by atoms with Gasteiger partial charge in [-0.15, -0.1) is 0 Å². The monoisotopic (exact) mass is 301 g/mol. The van der Waals surface area contributed by atoms with Crippen LogP contribution in [-0.2, 0) is 4.79 Å². The molecule has 1 amide bonds. The Morgan fingerprint density at radius 2 is 2.25 bits per heavy atom. The molecule has 1 heterocycles. The van der Waals surface area contributed by atoms with Crippen LogP contribution in [0.25, 0.3) is 0 Å². The van der Waals surface area contributed by atoms with E-state index >= 15 is 0 Å². The summed E-state index contributed by atoms with van der Waals surface area (Å²) in [5.41, 5.74) is -0.208. The molecular formula is C12H13ClFN3O3. The number of likely N-dealkylation sites (N-methyl/N-ethyl adjacent to an activating group) is 1. The quantitative estimate of drug-likeness (QED) is 0.687. The number of carbonyl (C=O) groups is 1. The second-order valence-electron chi connectivity index (χ2n) is 4.69. The number of benzene rings is 1. The van der Waals surface area contributed by atoms with Crippen molar-refractivity contribution >= 4 is 28.9 Å². The highest BCUT2D eigenvalue weighted by molar-refractivity contribution is 6.31. The molecule has 0 aliphatic carbocycles. The molecule has 0 saturated carbocycles. The summed E-state index contributed by atoms with van der Waals surface area (Å²) in [6.45, 7) is 0.417. The van der Waals surface area contributed by atoms with E-state index in [0.717, 1.165) is 12.1 Å². The molecule has 1 atom stereocenters. The highest BCUT2D eigenvalue weighted by Gasteiger charge is 2.25. The van der Waals surface area contributed by atoms with Gasteiger partial charge in [0.2, 0.25) is 5.91 Å². The Morgan fingerprint density at radius 3 is 2.85 bits per heavy atom. The van der Waals surface area contributed by atoms with Gasteiger partial charge in [0.15, 0.2) is 0 Å². The maximum absolute atomic E-state index is 13.5. The highest BCUT2D eigenvalue weighted by atomic mass is 35.5. The molecule has 8 heteroatoms. The zero-order valence-corrected chi connectivity index (χ0v) is 11.5. The lowest BCUT2D eigenvalue weighted by Crippen LogP contribution is -2.43. The number of amides is 1. The van der Waals surface area contributed by atoms with Crippen molar-refractivity contribution in [2.75, 3.05) is 18.9 Å². The van der Waals surface area contributed by atoms with Gasteiger partial charge in [0.1, 0.15) is 11.5 Å². The van der Waals surface area contributed by atoms with E-state index in [1.54, 1.807) is 11.9 Å². The minimum atomic E-state index is -0.722. The SMILES string of the molecule is CN1CC(Nc2cc(F)c(Cl)cc2[N+](=O)[O-])CCC1=O. The molecule has 108 valence electrons. The molecule has 0 aromatic heterocycles. The van der Waals surface area contributed by atoms with Crippen molar-refractivity contribution in [1.29, 1.82) is 0 Å². The molecule has 1 aliphatic rings. The van der Waals surface area contributed by atoms with Gasteiger partial charge in [-0.2, -0.15) is 0 Å². The number of rotatable bonds is 3. The maximum atomic E-state index is 13.5. The fourth-order valence-electron chi connectivity index (χ4n) is 2.15. The van der Waals surface area contributed by atoms with Gasteiger partial charge < -0.3 is 10.2 Å². The van der Waals surface area contributed by atoms with Crippen LogP contribution in [0.4, 0.5) is 15.8 Å². The number of nitrogens with one attached hydrogen (secondary N) is 1. The minimum Gasteiger partial charge on any atom is -0.375 e. The first-order chi connectivity index (χ1) is 9.38. The summed E-state index contributed by atoms with van der Waals surface area (Å²) in [7, 11) is 1.66. The number of nitro benzene ring substituents is 1. The number of piperidine rings is 1. The molecule has 1 aromatic carbocycles. The third-order valence-electron chi connectivity index (χ3n) is 3.22. The molecule has 0 bridgehead atoms. The van der Waals surface area contributed by atoms with Gasteiger partial charge in [-0.25, -0.2) is 4.39 Å². The van der Waals surface area contributed by atoms with Crippen LogP contribution in [0, 0.1) is 15.9 Å². The molecule has 1 saturated heterocycles. The van der Waals surface area contributed by atoms with Crippen LogP contribution in [-0.4, -0.2) is 35.4 Å². The average molecular weight is 302 g/mol. The minimum absolute atomic E-state index is 0.0276. The molecule has 1 fully saturated rings. The third kappa shape index (κ3) is 2.98. The first-order valence-corrected chi connectivity index (χ1v) is 6.40. The van der Waals surface area contributed by atoms with Crippen molar-refractivity contribution < 1.29 is 14.1 Å². The van der Waals surface area contributed by atoms with E-state index in [0.29, 0.717) is 19.4 Å². The van der Waals surface area contributed by atoms with Crippen LogP contribution < -0.4 is 5.32 Å². The molecule has 1 N–H and O–H groups in total. The Bertz CT molecular complexity index is 567. The number of nitrogens with zero attached hydrogens (tertiary/aromatic N) is 2. The predicted molar refractivity (Wildman–Crippen MR) is 72.3 cm³/mol. The Morgan fingerprint density at radius 1 is 1.55 bits per heavy atom. The first kappa shape index (κ1) is 14.5. The predicted octanol–water partition coefficient (Wildman–Crippen LogP) is 2.42. The zero-order valence-electron chi connectivity index (χ0n) is 10.7. The van der Waals surface area contributed by atoms with Crippen molar-refractivity contribution in [3.63, 3.8) is 0 Å². The smallest absolute Gasteiger partial charge is 0.294 e. The van der Waals surface area contributed by atoms with Crippen LogP contribution in [0.2, 0.25) is 5.02 Å².